The van der Waals surface area contributed by atoms with Crippen LogP contribution in [0.1, 0.15) is 11.7 Å². The SMILES string of the molecule is C#CC(NN)c1cnsn1. The average molecular weight is 154 g/mol. The average Bonchev–Trinajstić information content (AvgIpc) is 2.43. The van der Waals surface area contributed by atoms with E-state index in [1.807, 2.05) is 0 Å². The lowest BCUT2D eigenvalue weighted by atomic mass is 10.2. The van der Waals surface area contributed by atoms with Crippen molar-refractivity contribution < 1.29 is 0 Å². The fourth-order valence-electron chi connectivity index (χ4n) is 0.518. The Kier molecular flexibility index (Phi) is 2.34. The van der Waals surface area contributed by atoms with Gasteiger partial charge in [0, 0.05) is 0 Å². The van der Waals surface area contributed by atoms with Gasteiger partial charge in [-0.2, -0.15) is 8.75 Å². The van der Waals surface area contributed by atoms with Gasteiger partial charge in [-0.05, 0) is 0 Å². The first-order valence-electron chi connectivity index (χ1n) is 2.58. The monoisotopic (exact) mass is 154 g/mol. The van der Waals surface area contributed by atoms with Crippen molar-refractivity contribution in [3.63, 3.8) is 0 Å². The highest BCUT2D eigenvalue weighted by molar-refractivity contribution is 6.99. The van der Waals surface area contributed by atoms with E-state index in [9.17, 15) is 0 Å². The molecule has 0 aromatic carbocycles. The summed E-state index contributed by atoms with van der Waals surface area (Å²) in [6.45, 7) is 0. The minimum atomic E-state index is -0.321. The molecule has 3 N–H and O–H groups in total. The summed E-state index contributed by atoms with van der Waals surface area (Å²) < 4.78 is 7.68. The molecule has 1 aromatic heterocycles. The molecule has 5 heteroatoms. The molecule has 0 aliphatic rings. The maximum Gasteiger partial charge on any atom is 0.126 e. The molecule has 0 saturated carbocycles. The van der Waals surface area contributed by atoms with Crippen LogP contribution in [0.3, 0.4) is 0 Å². The van der Waals surface area contributed by atoms with Crippen molar-refractivity contribution in [2.75, 3.05) is 0 Å². The molecule has 0 aliphatic carbocycles. The van der Waals surface area contributed by atoms with Gasteiger partial charge in [-0.1, -0.05) is 5.92 Å². The van der Waals surface area contributed by atoms with Gasteiger partial charge in [0.2, 0.25) is 0 Å². The van der Waals surface area contributed by atoms with Crippen LogP contribution in [-0.4, -0.2) is 8.75 Å². The summed E-state index contributed by atoms with van der Waals surface area (Å²) in [4.78, 5) is 0. The van der Waals surface area contributed by atoms with Gasteiger partial charge in [0.25, 0.3) is 0 Å². The quantitative estimate of drug-likeness (QED) is 0.348. The summed E-state index contributed by atoms with van der Waals surface area (Å²) in [7, 11) is 0. The van der Waals surface area contributed by atoms with E-state index in [-0.39, 0.29) is 6.04 Å². The normalized spacial score (nSPS) is 12.4. The predicted molar refractivity (Wildman–Crippen MR) is 38.8 cm³/mol. The first kappa shape index (κ1) is 7.15. The van der Waals surface area contributed by atoms with E-state index in [1.54, 1.807) is 6.20 Å². The molecule has 0 spiro atoms. The number of rotatable bonds is 2. The fourth-order valence-corrected chi connectivity index (χ4v) is 0.967. The molecule has 4 nitrogen and oxygen atoms in total. The van der Waals surface area contributed by atoms with Gasteiger partial charge < -0.3 is 0 Å². The summed E-state index contributed by atoms with van der Waals surface area (Å²) in [6.07, 6.45) is 6.71. The van der Waals surface area contributed by atoms with Crippen LogP contribution in [0.4, 0.5) is 0 Å². The van der Waals surface area contributed by atoms with Gasteiger partial charge in [-0.25, -0.2) is 5.43 Å². The summed E-state index contributed by atoms with van der Waals surface area (Å²) >= 11 is 1.11. The van der Waals surface area contributed by atoms with E-state index in [2.05, 4.69) is 20.1 Å². The molecule has 52 valence electrons. The zero-order valence-corrected chi connectivity index (χ0v) is 5.93. The smallest absolute Gasteiger partial charge is 0.126 e. The summed E-state index contributed by atoms with van der Waals surface area (Å²) in [6, 6.07) is -0.321. The van der Waals surface area contributed by atoms with Gasteiger partial charge in [-0.15, -0.1) is 6.42 Å². The van der Waals surface area contributed by atoms with Gasteiger partial charge in [0.1, 0.15) is 11.7 Å². The Morgan fingerprint density at radius 3 is 3.10 bits per heavy atom. The van der Waals surface area contributed by atoms with Crippen LogP contribution < -0.4 is 11.3 Å². The Morgan fingerprint density at radius 1 is 1.90 bits per heavy atom. The second-order valence-electron chi connectivity index (χ2n) is 1.60. The second-order valence-corrected chi connectivity index (χ2v) is 2.16. The van der Waals surface area contributed by atoms with Crippen molar-refractivity contribution in [3.05, 3.63) is 11.9 Å². The van der Waals surface area contributed by atoms with E-state index in [4.69, 9.17) is 12.3 Å². The van der Waals surface area contributed by atoms with Gasteiger partial charge in [0.15, 0.2) is 0 Å². The Hall–Kier alpha value is -0.960. The third kappa shape index (κ3) is 1.30. The standard InChI is InChI=1S/C5H6N4S/c1-2-4(8-6)5-3-7-10-9-5/h1,3-4,8H,6H2. The predicted octanol–water partition coefficient (Wildman–Crippen LogP) is -0.324. The Morgan fingerprint density at radius 2 is 2.70 bits per heavy atom. The van der Waals surface area contributed by atoms with E-state index < -0.39 is 0 Å². The van der Waals surface area contributed by atoms with E-state index in [1.165, 1.54) is 0 Å². The zero-order chi connectivity index (χ0) is 7.40. The fraction of sp³-hybridized carbons (Fsp3) is 0.200. The number of terminal acetylenes is 1. The number of hydrazine groups is 1. The lowest BCUT2D eigenvalue weighted by Gasteiger charge is -2.02. The van der Waals surface area contributed by atoms with E-state index >= 15 is 0 Å². The maximum atomic E-state index is 5.12. The highest BCUT2D eigenvalue weighted by atomic mass is 32.1. The van der Waals surface area contributed by atoms with Crippen LogP contribution in [0.2, 0.25) is 0 Å². The van der Waals surface area contributed by atoms with Crippen molar-refractivity contribution in [1.29, 1.82) is 0 Å². The van der Waals surface area contributed by atoms with Crippen molar-refractivity contribution in [2.24, 2.45) is 5.84 Å². The summed E-state index contributed by atoms with van der Waals surface area (Å²) in [5.74, 6) is 7.54. The van der Waals surface area contributed by atoms with Crippen molar-refractivity contribution in [3.8, 4) is 12.3 Å². The van der Waals surface area contributed by atoms with Crippen molar-refractivity contribution >= 4 is 11.7 Å². The molecular weight excluding hydrogens is 148 g/mol. The lowest BCUT2D eigenvalue weighted by molar-refractivity contribution is 0.662. The van der Waals surface area contributed by atoms with Crippen LogP contribution in [0.25, 0.3) is 0 Å². The molecule has 1 unspecified atom stereocenters. The maximum absolute atomic E-state index is 5.12. The van der Waals surface area contributed by atoms with Gasteiger partial charge in [-0.3, -0.25) is 5.84 Å². The number of hydrogen-bond acceptors (Lipinski definition) is 5. The van der Waals surface area contributed by atoms with Crippen LogP contribution >= 0.6 is 11.7 Å². The highest BCUT2D eigenvalue weighted by Gasteiger charge is 2.06. The first-order chi connectivity index (χ1) is 4.88. The molecule has 0 saturated heterocycles. The molecule has 1 rings (SSSR count). The third-order valence-corrected chi connectivity index (χ3v) is 1.50. The van der Waals surface area contributed by atoms with Crippen molar-refractivity contribution in [1.82, 2.24) is 14.2 Å². The lowest BCUT2D eigenvalue weighted by Crippen LogP contribution is -2.26. The molecule has 0 bridgehead atoms. The van der Waals surface area contributed by atoms with Crippen LogP contribution in [0.5, 0.6) is 0 Å². The highest BCUT2D eigenvalue weighted by Crippen LogP contribution is 2.06. The number of nitrogens with zero attached hydrogens (tertiary/aromatic N) is 2. The molecule has 0 amide bonds. The largest absolute Gasteiger partial charge is 0.270 e. The Bertz CT molecular complexity index is 224. The molecule has 10 heavy (non-hydrogen) atoms. The summed E-state index contributed by atoms with van der Waals surface area (Å²) in [5.41, 5.74) is 3.11. The topological polar surface area (TPSA) is 63.8 Å². The number of hydrogen-bond donors (Lipinski definition) is 2. The molecule has 0 aliphatic heterocycles. The molecule has 0 fully saturated rings. The zero-order valence-electron chi connectivity index (χ0n) is 5.11. The van der Waals surface area contributed by atoms with Crippen LogP contribution in [-0.2, 0) is 0 Å². The number of aromatic nitrogens is 2. The molecule has 1 atom stereocenters. The molecule has 0 radical (unpaired) electrons. The van der Waals surface area contributed by atoms with Gasteiger partial charge >= 0.3 is 0 Å². The first-order valence-corrected chi connectivity index (χ1v) is 3.31. The Balaban J connectivity index is 2.76. The molecular formula is C5H6N4S. The minimum absolute atomic E-state index is 0.321. The Labute approximate surface area is 62.7 Å². The second kappa shape index (κ2) is 3.27. The minimum Gasteiger partial charge on any atom is -0.270 e. The van der Waals surface area contributed by atoms with E-state index in [0.717, 1.165) is 11.7 Å². The van der Waals surface area contributed by atoms with Crippen LogP contribution in [0.15, 0.2) is 6.20 Å². The van der Waals surface area contributed by atoms with Crippen LogP contribution in [0, 0.1) is 12.3 Å². The number of nitrogens with two attached hydrogens (primary N) is 1. The third-order valence-electron chi connectivity index (χ3n) is 1.01. The van der Waals surface area contributed by atoms with E-state index in [0.29, 0.717) is 5.69 Å². The number of nitrogens with one attached hydrogen (secondary N) is 1. The molecule has 1 aromatic rings. The molecule has 1 heterocycles. The van der Waals surface area contributed by atoms with Gasteiger partial charge in [0.05, 0.1) is 17.9 Å². The van der Waals surface area contributed by atoms with Crippen molar-refractivity contribution in [2.45, 2.75) is 6.04 Å². The summed E-state index contributed by atoms with van der Waals surface area (Å²) in [5, 5.41) is 0.